The maximum Gasteiger partial charge on any atom is 0.284 e. The van der Waals surface area contributed by atoms with Gasteiger partial charge in [-0.15, -0.1) is 0 Å². The van der Waals surface area contributed by atoms with Crippen LogP contribution in [0, 0.1) is 0 Å². The first-order valence-electron chi connectivity index (χ1n) is 3.62. The molecule has 0 bridgehead atoms. The molecule has 0 saturated heterocycles. The van der Waals surface area contributed by atoms with Crippen LogP contribution in [0.25, 0.3) is 0 Å². The molecule has 1 rings (SSSR count). The van der Waals surface area contributed by atoms with E-state index in [-0.39, 0.29) is 11.3 Å². The lowest BCUT2D eigenvalue weighted by Crippen LogP contribution is -2.37. The van der Waals surface area contributed by atoms with E-state index in [1.807, 2.05) is 0 Å². The molecule has 0 saturated carbocycles. The molecular weight excluding hydrogens is 172 g/mol. The van der Waals surface area contributed by atoms with E-state index in [1.165, 1.54) is 11.3 Å². The van der Waals surface area contributed by atoms with Gasteiger partial charge in [-0.05, 0) is 0 Å². The van der Waals surface area contributed by atoms with Gasteiger partial charge >= 0.3 is 0 Å². The van der Waals surface area contributed by atoms with E-state index in [0.29, 0.717) is 0 Å². The first-order chi connectivity index (χ1) is 6.09. The van der Waals surface area contributed by atoms with Crippen LogP contribution in [0.4, 0.5) is 0 Å². The van der Waals surface area contributed by atoms with Crippen molar-refractivity contribution in [1.82, 2.24) is 20.4 Å². The molecule has 0 fully saturated rings. The Morgan fingerprint density at radius 3 is 2.85 bits per heavy atom. The van der Waals surface area contributed by atoms with Crippen LogP contribution in [0.2, 0.25) is 0 Å². The Morgan fingerprint density at radius 2 is 2.31 bits per heavy atom. The molecule has 13 heavy (non-hydrogen) atoms. The topological polar surface area (TPSA) is 78.1 Å². The number of rotatable bonds is 2. The Bertz CT molecular complexity index is 358. The van der Waals surface area contributed by atoms with Crippen molar-refractivity contribution in [1.29, 1.82) is 0 Å². The number of aromatic amines is 1. The third kappa shape index (κ3) is 2.68. The fourth-order valence-corrected chi connectivity index (χ4v) is 0.753. The van der Waals surface area contributed by atoms with Crippen LogP contribution >= 0.6 is 0 Å². The van der Waals surface area contributed by atoms with Gasteiger partial charge in [-0.3, -0.25) is 15.0 Å². The summed E-state index contributed by atoms with van der Waals surface area (Å²) >= 11 is 0. The third-order valence-electron chi connectivity index (χ3n) is 1.24. The van der Waals surface area contributed by atoms with Gasteiger partial charge < -0.3 is 4.98 Å². The van der Waals surface area contributed by atoms with Gasteiger partial charge in [0, 0.05) is 20.2 Å². The highest BCUT2D eigenvalue weighted by molar-refractivity contribution is 5.91. The minimum atomic E-state index is -0.406. The van der Waals surface area contributed by atoms with Gasteiger partial charge in [-0.1, -0.05) is 0 Å². The zero-order valence-electron chi connectivity index (χ0n) is 7.37. The summed E-state index contributed by atoms with van der Waals surface area (Å²) < 4.78 is 0. The molecule has 6 heteroatoms. The Morgan fingerprint density at radius 1 is 1.62 bits per heavy atom. The van der Waals surface area contributed by atoms with Gasteiger partial charge in [-0.25, -0.2) is 9.99 Å². The lowest BCUT2D eigenvalue weighted by Gasteiger charge is -2.10. The molecule has 0 aliphatic rings. The summed E-state index contributed by atoms with van der Waals surface area (Å²) in [5, 5.41) is 1.48. The monoisotopic (exact) mass is 182 g/mol. The van der Waals surface area contributed by atoms with Crippen molar-refractivity contribution < 1.29 is 4.79 Å². The molecule has 0 radical (unpaired) electrons. The van der Waals surface area contributed by atoms with Crippen LogP contribution in [0.1, 0.15) is 10.5 Å². The molecule has 2 N–H and O–H groups in total. The standard InChI is InChI=1S/C7H10N4O2/c1-11(2)10-7(13)5-3-6(12)9-4-8-5/h3-4H,1-2H3,(H,10,13)(H,8,9,12). The lowest BCUT2D eigenvalue weighted by atomic mass is 10.4. The van der Waals surface area contributed by atoms with E-state index in [1.54, 1.807) is 14.1 Å². The number of hydrazine groups is 1. The molecule has 0 unspecified atom stereocenters. The molecule has 70 valence electrons. The number of hydrogen-bond acceptors (Lipinski definition) is 4. The van der Waals surface area contributed by atoms with Crippen LogP contribution in [0.15, 0.2) is 17.2 Å². The SMILES string of the molecule is CN(C)NC(=O)c1cc(=O)[nH]cn1. The average molecular weight is 182 g/mol. The summed E-state index contributed by atoms with van der Waals surface area (Å²) in [4.78, 5) is 28.0. The second-order valence-corrected chi connectivity index (χ2v) is 2.63. The molecule has 1 amide bonds. The smallest absolute Gasteiger partial charge is 0.284 e. The van der Waals surface area contributed by atoms with Crippen LogP contribution in [-0.4, -0.2) is 35.0 Å². The number of aromatic nitrogens is 2. The van der Waals surface area contributed by atoms with Gasteiger partial charge in [0.05, 0.1) is 6.33 Å². The van der Waals surface area contributed by atoms with E-state index >= 15 is 0 Å². The van der Waals surface area contributed by atoms with E-state index < -0.39 is 5.91 Å². The zero-order chi connectivity index (χ0) is 9.84. The minimum absolute atomic E-state index is 0.0949. The number of amides is 1. The highest BCUT2D eigenvalue weighted by Gasteiger charge is 2.07. The predicted octanol–water partition coefficient (Wildman–Crippen LogP) is -1.02. The van der Waals surface area contributed by atoms with Crippen molar-refractivity contribution in [2.24, 2.45) is 0 Å². The number of nitrogens with one attached hydrogen (secondary N) is 2. The van der Waals surface area contributed by atoms with E-state index in [4.69, 9.17) is 0 Å². The van der Waals surface area contributed by atoms with Gasteiger partial charge in [0.25, 0.3) is 11.5 Å². The fraction of sp³-hybridized carbons (Fsp3) is 0.286. The highest BCUT2D eigenvalue weighted by Crippen LogP contribution is 1.86. The van der Waals surface area contributed by atoms with Crippen molar-refractivity contribution >= 4 is 5.91 Å². The van der Waals surface area contributed by atoms with Crippen LogP contribution < -0.4 is 11.0 Å². The molecule has 0 aliphatic heterocycles. The molecular formula is C7H10N4O2. The first kappa shape index (κ1) is 9.40. The molecule has 0 aliphatic carbocycles. The van der Waals surface area contributed by atoms with Crippen molar-refractivity contribution in [3.05, 3.63) is 28.4 Å². The maximum atomic E-state index is 11.2. The predicted molar refractivity (Wildman–Crippen MR) is 46.0 cm³/mol. The first-order valence-corrected chi connectivity index (χ1v) is 3.62. The van der Waals surface area contributed by atoms with E-state index in [2.05, 4.69) is 15.4 Å². The summed E-state index contributed by atoms with van der Waals surface area (Å²) in [6, 6.07) is 1.14. The van der Waals surface area contributed by atoms with Crippen molar-refractivity contribution in [2.75, 3.05) is 14.1 Å². The van der Waals surface area contributed by atoms with Gasteiger partial charge in [-0.2, -0.15) is 0 Å². The van der Waals surface area contributed by atoms with Crippen molar-refractivity contribution in [3.63, 3.8) is 0 Å². The summed E-state index contributed by atoms with van der Waals surface area (Å²) in [7, 11) is 3.34. The summed E-state index contributed by atoms with van der Waals surface area (Å²) in [6.45, 7) is 0. The number of carbonyl (C=O) groups is 1. The number of hydrogen-bond donors (Lipinski definition) is 2. The molecule has 0 spiro atoms. The van der Waals surface area contributed by atoms with Gasteiger partial charge in [0.1, 0.15) is 5.69 Å². The molecule has 1 aromatic heterocycles. The average Bonchev–Trinajstić information content (AvgIpc) is 2.03. The van der Waals surface area contributed by atoms with Crippen LogP contribution in [0.3, 0.4) is 0 Å². The zero-order valence-corrected chi connectivity index (χ0v) is 7.37. The largest absolute Gasteiger partial charge is 0.313 e. The molecule has 1 heterocycles. The van der Waals surface area contributed by atoms with Gasteiger partial charge in [0.15, 0.2) is 0 Å². The normalized spacial score (nSPS) is 10.1. The van der Waals surface area contributed by atoms with Crippen molar-refractivity contribution in [2.45, 2.75) is 0 Å². The van der Waals surface area contributed by atoms with Crippen molar-refractivity contribution in [3.8, 4) is 0 Å². The quantitative estimate of drug-likeness (QED) is 0.574. The number of H-pyrrole nitrogens is 1. The second kappa shape index (κ2) is 3.81. The molecule has 0 atom stereocenters. The molecule has 1 aromatic rings. The summed E-state index contributed by atoms with van der Waals surface area (Å²) in [6.07, 6.45) is 1.19. The highest BCUT2D eigenvalue weighted by atomic mass is 16.2. The fourth-order valence-electron chi connectivity index (χ4n) is 0.753. The summed E-state index contributed by atoms with van der Waals surface area (Å²) in [5.41, 5.74) is 2.21. The van der Waals surface area contributed by atoms with Crippen LogP contribution in [-0.2, 0) is 0 Å². The summed E-state index contributed by atoms with van der Waals surface area (Å²) in [5.74, 6) is -0.406. The molecule has 6 nitrogen and oxygen atoms in total. The lowest BCUT2D eigenvalue weighted by molar-refractivity contribution is 0.0851. The maximum absolute atomic E-state index is 11.2. The Balaban J connectivity index is 2.83. The molecule has 0 aromatic carbocycles. The van der Waals surface area contributed by atoms with Gasteiger partial charge in [0.2, 0.25) is 0 Å². The number of carbonyl (C=O) groups excluding carboxylic acids is 1. The van der Waals surface area contributed by atoms with E-state index in [0.717, 1.165) is 6.07 Å². The Hall–Kier alpha value is -1.69. The van der Waals surface area contributed by atoms with Crippen LogP contribution in [0.5, 0.6) is 0 Å². The third-order valence-corrected chi connectivity index (χ3v) is 1.24. The Labute approximate surface area is 74.6 Å². The van der Waals surface area contributed by atoms with E-state index in [9.17, 15) is 9.59 Å². The Kier molecular flexibility index (Phi) is 2.76. The second-order valence-electron chi connectivity index (χ2n) is 2.63. The number of nitrogens with zero attached hydrogens (tertiary/aromatic N) is 2. The minimum Gasteiger partial charge on any atom is -0.313 e.